The van der Waals surface area contributed by atoms with Crippen LogP contribution in [0.3, 0.4) is 0 Å². The summed E-state index contributed by atoms with van der Waals surface area (Å²) in [6, 6.07) is 22.9. The van der Waals surface area contributed by atoms with Crippen LogP contribution in [0.2, 0.25) is 0 Å². The van der Waals surface area contributed by atoms with Crippen molar-refractivity contribution in [1.29, 1.82) is 0 Å². The van der Waals surface area contributed by atoms with Crippen molar-refractivity contribution in [2.75, 3.05) is 10.6 Å². The molecule has 0 aliphatic heterocycles. The van der Waals surface area contributed by atoms with Crippen molar-refractivity contribution in [3.8, 4) is 0 Å². The van der Waals surface area contributed by atoms with E-state index in [-0.39, 0.29) is 11.8 Å². The quantitative estimate of drug-likeness (QED) is 0.532. The Morgan fingerprint density at radius 2 is 0.900 bits per heavy atom. The van der Waals surface area contributed by atoms with Crippen molar-refractivity contribution < 1.29 is 9.59 Å². The molecule has 3 aromatic rings. The number of aryl methyl sites for hydroxylation is 2. The van der Waals surface area contributed by atoms with E-state index >= 15 is 0 Å². The molecule has 0 bridgehead atoms. The molecule has 0 atom stereocenters. The normalized spacial score (nSPS) is 11.0. The summed E-state index contributed by atoms with van der Waals surface area (Å²) in [6.45, 7) is 4.00. The molecular weight excluding hydrogens is 372 g/mol. The zero-order valence-corrected chi connectivity index (χ0v) is 17.1. The second kappa shape index (κ2) is 10.0. The summed E-state index contributed by atoms with van der Waals surface area (Å²) in [5.74, 6) is -0.369. The first-order chi connectivity index (χ1) is 14.5. The fraction of sp³-hybridized carbons (Fsp3) is 0.0769. The van der Waals surface area contributed by atoms with Crippen LogP contribution < -0.4 is 10.6 Å². The topological polar surface area (TPSA) is 58.2 Å². The second-order valence-electron chi connectivity index (χ2n) is 7.04. The Morgan fingerprint density at radius 3 is 1.23 bits per heavy atom. The van der Waals surface area contributed by atoms with Gasteiger partial charge in [-0.3, -0.25) is 9.59 Å². The first-order valence-corrected chi connectivity index (χ1v) is 9.69. The zero-order valence-electron chi connectivity index (χ0n) is 17.1. The van der Waals surface area contributed by atoms with Gasteiger partial charge in [0.1, 0.15) is 0 Å². The smallest absolute Gasteiger partial charge is 0.248 e. The minimum Gasteiger partial charge on any atom is -0.323 e. The first kappa shape index (κ1) is 20.8. The lowest BCUT2D eigenvalue weighted by atomic mass is 10.1. The lowest BCUT2D eigenvalue weighted by Crippen LogP contribution is -2.07. The predicted octanol–water partition coefficient (Wildman–Crippen LogP) is 5.61. The number of nitrogens with one attached hydrogen (secondary N) is 2. The molecule has 0 aliphatic carbocycles. The Bertz CT molecular complexity index is 973. The van der Waals surface area contributed by atoms with Crippen LogP contribution in [0.15, 0.2) is 84.9 Å². The van der Waals surface area contributed by atoms with Gasteiger partial charge in [-0.15, -0.1) is 0 Å². The summed E-state index contributed by atoms with van der Waals surface area (Å²) in [6.07, 6.45) is 6.50. The largest absolute Gasteiger partial charge is 0.323 e. The fourth-order valence-corrected chi connectivity index (χ4v) is 2.70. The van der Waals surface area contributed by atoms with Crippen LogP contribution in [0, 0.1) is 13.8 Å². The highest BCUT2D eigenvalue weighted by molar-refractivity contribution is 6.02. The Kier molecular flexibility index (Phi) is 6.95. The summed E-state index contributed by atoms with van der Waals surface area (Å²) in [5, 5.41) is 5.65. The van der Waals surface area contributed by atoms with Crippen molar-refractivity contribution in [3.05, 3.63) is 107 Å². The van der Waals surface area contributed by atoms with E-state index < -0.39 is 0 Å². The molecule has 0 radical (unpaired) electrons. The molecule has 4 nitrogen and oxygen atoms in total. The zero-order chi connectivity index (χ0) is 21.3. The van der Waals surface area contributed by atoms with Gasteiger partial charge in [-0.25, -0.2) is 0 Å². The summed E-state index contributed by atoms with van der Waals surface area (Å²) < 4.78 is 0. The molecule has 0 heterocycles. The first-order valence-electron chi connectivity index (χ1n) is 9.69. The van der Waals surface area contributed by atoms with Gasteiger partial charge in [-0.2, -0.15) is 0 Å². The molecule has 3 aromatic carbocycles. The van der Waals surface area contributed by atoms with E-state index in [1.165, 1.54) is 12.2 Å². The van der Waals surface area contributed by atoms with Gasteiger partial charge >= 0.3 is 0 Å². The van der Waals surface area contributed by atoms with Crippen molar-refractivity contribution in [2.24, 2.45) is 0 Å². The highest BCUT2D eigenvalue weighted by Crippen LogP contribution is 2.11. The molecule has 30 heavy (non-hydrogen) atoms. The average molecular weight is 396 g/mol. The summed E-state index contributed by atoms with van der Waals surface area (Å²) in [7, 11) is 0. The lowest BCUT2D eigenvalue weighted by molar-refractivity contribution is -0.112. The van der Waals surface area contributed by atoms with Crippen LogP contribution in [0.1, 0.15) is 22.3 Å². The number of amides is 2. The van der Waals surface area contributed by atoms with Crippen LogP contribution in [-0.4, -0.2) is 11.8 Å². The summed E-state index contributed by atoms with van der Waals surface area (Å²) >= 11 is 0. The number of carbonyl (C=O) groups is 2. The van der Waals surface area contributed by atoms with Crippen LogP contribution in [-0.2, 0) is 9.59 Å². The molecule has 150 valence electrons. The van der Waals surface area contributed by atoms with Crippen LogP contribution >= 0.6 is 0 Å². The van der Waals surface area contributed by atoms with Gasteiger partial charge in [0.15, 0.2) is 0 Å². The molecule has 0 fully saturated rings. The molecule has 0 unspecified atom stereocenters. The van der Waals surface area contributed by atoms with Crippen LogP contribution in [0.5, 0.6) is 0 Å². The van der Waals surface area contributed by atoms with Crippen LogP contribution in [0.4, 0.5) is 11.4 Å². The average Bonchev–Trinajstić information content (AvgIpc) is 2.75. The van der Waals surface area contributed by atoms with Crippen molar-refractivity contribution in [2.45, 2.75) is 13.8 Å². The Morgan fingerprint density at radius 1 is 0.567 bits per heavy atom. The molecule has 3 rings (SSSR count). The Labute approximate surface area is 177 Å². The van der Waals surface area contributed by atoms with Gasteiger partial charge in [0.25, 0.3) is 0 Å². The van der Waals surface area contributed by atoms with E-state index in [0.717, 1.165) is 33.6 Å². The monoisotopic (exact) mass is 396 g/mol. The molecule has 0 aromatic heterocycles. The lowest BCUT2D eigenvalue weighted by Gasteiger charge is -2.02. The van der Waals surface area contributed by atoms with E-state index in [1.54, 1.807) is 12.2 Å². The summed E-state index contributed by atoms with van der Waals surface area (Å²) in [4.78, 5) is 24.1. The number of rotatable bonds is 6. The number of hydrogen-bond acceptors (Lipinski definition) is 2. The number of benzene rings is 3. The summed E-state index contributed by atoms with van der Waals surface area (Å²) in [5.41, 5.74) is 5.61. The maximum atomic E-state index is 12.0. The van der Waals surface area contributed by atoms with Gasteiger partial charge in [-0.1, -0.05) is 59.7 Å². The number of carbonyl (C=O) groups excluding carboxylic acids is 2. The van der Waals surface area contributed by atoms with Gasteiger partial charge in [0.2, 0.25) is 11.8 Å². The van der Waals surface area contributed by atoms with E-state index in [4.69, 9.17) is 0 Å². The van der Waals surface area contributed by atoms with E-state index in [2.05, 4.69) is 10.6 Å². The molecule has 0 aliphatic rings. The van der Waals surface area contributed by atoms with Crippen molar-refractivity contribution in [1.82, 2.24) is 0 Å². The van der Waals surface area contributed by atoms with Gasteiger partial charge in [-0.05, 0) is 61.4 Å². The number of anilines is 2. The fourth-order valence-electron chi connectivity index (χ4n) is 2.70. The highest BCUT2D eigenvalue weighted by Gasteiger charge is 1.99. The maximum Gasteiger partial charge on any atom is 0.248 e. The third-order valence-electron chi connectivity index (χ3n) is 4.43. The SMILES string of the molecule is Cc1ccc(NC(=O)/C=C\c2ccc(/C=C\C(=O)Nc3ccc(C)cc3)cc2)cc1. The molecule has 2 amide bonds. The molecule has 0 saturated carbocycles. The third kappa shape index (κ3) is 6.60. The molecule has 0 saturated heterocycles. The van der Waals surface area contributed by atoms with E-state index in [0.29, 0.717) is 0 Å². The van der Waals surface area contributed by atoms with Gasteiger partial charge < -0.3 is 10.6 Å². The standard InChI is InChI=1S/C26H24N2O2/c1-19-3-13-23(14-4-19)27-25(29)17-11-21-7-9-22(10-8-21)12-18-26(30)28-24-15-5-20(2)6-16-24/h3-18H,1-2H3,(H,27,29)(H,28,30)/b17-11-,18-12-. The Balaban J connectivity index is 1.52. The van der Waals surface area contributed by atoms with Gasteiger partial charge in [0, 0.05) is 23.5 Å². The Hall–Kier alpha value is -3.92. The van der Waals surface area contributed by atoms with Crippen LogP contribution in [0.25, 0.3) is 12.2 Å². The predicted molar refractivity (Wildman–Crippen MR) is 124 cm³/mol. The molecular formula is C26H24N2O2. The van der Waals surface area contributed by atoms with E-state index in [1.807, 2.05) is 86.6 Å². The van der Waals surface area contributed by atoms with Crippen molar-refractivity contribution in [3.63, 3.8) is 0 Å². The molecule has 0 spiro atoms. The maximum absolute atomic E-state index is 12.0. The molecule has 2 N–H and O–H groups in total. The van der Waals surface area contributed by atoms with E-state index in [9.17, 15) is 9.59 Å². The van der Waals surface area contributed by atoms with Gasteiger partial charge in [0.05, 0.1) is 0 Å². The molecule has 4 heteroatoms. The van der Waals surface area contributed by atoms with Crippen molar-refractivity contribution >= 4 is 35.3 Å². The highest BCUT2D eigenvalue weighted by atomic mass is 16.2. The third-order valence-corrected chi connectivity index (χ3v) is 4.43. The minimum atomic E-state index is -0.185. The number of hydrogen-bond donors (Lipinski definition) is 2. The minimum absolute atomic E-state index is 0.185. The second-order valence-corrected chi connectivity index (χ2v) is 7.04.